The topological polar surface area (TPSA) is 113 Å². The molecule has 6 nitrogen and oxygen atoms in total. The Bertz CT molecular complexity index is 1260. The molecule has 158 valence electrons. The summed E-state index contributed by atoms with van der Waals surface area (Å²) in [5.41, 5.74) is 14.8. The number of nitrogens with one attached hydrogen (secondary N) is 1. The van der Waals surface area contributed by atoms with Crippen LogP contribution in [-0.2, 0) is 12.0 Å². The highest BCUT2D eigenvalue weighted by atomic mass is 35.5. The molecule has 3 aromatic rings. The lowest BCUT2D eigenvalue weighted by Gasteiger charge is -2.25. The van der Waals surface area contributed by atoms with E-state index >= 15 is 0 Å². The molecule has 0 spiro atoms. The number of rotatable bonds is 2. The summed E-state index contributed by atoms with van der Waals surface area (Å²) in [4.78, 5) is 13.8. The maximum atomic E-state index is 8.39. The lowest BCUT2D eigenvalue weighted by Crippen LogP contribution is -2.44. The van der Waals surface area contributed by atoms with Crippen LogP contribution in [0.3, 0.4) is 0 Å². The molecule has 1 atom stereocenters. The van der Waals surface area contributed by atoms with Gasteiger partial charge in [0, 0.05) is 0 Å². The molecule has 5 N–H and O–H groups in total. The Balaban J connectivity index is 0.00000136. The number of hydrogen-bond donors (Lipinski definition) is 3. The molecule has 31 heavy (non-hydrogen) atoms. The Morgan fingerprint density at radius 2 is 1.65 bits per heavy atom. The number of benzene rings is 3. The zero-order valence-electron chi connectivity index (χ0n) is 16.6. The highest BCUT2D eigenvalue weighted by molar-refractivity contribution is 6.24. The van der Waals surface area contributed by atoms with Crippen LogP contribution >= 0.6 is 24.8 Å². The van der Waals surface area contributed by atoms with Crippen molar-refractivity contribution in [3.05, 3.63) is 83.4 Å². The van der Waals surface area contributed by atoms with Crippen LogP contribution in [0.2, 0.25) is 0 Å². The highest BCUT2D eigenvalue weighted by Crippen LogP contribution is 2.35. The van der Waals surface area contributed by atoms with Gasteiger partial charge in [0.1, 0.15) is 5.84 Å². The van der Waals surface area contributed by atoms with Crippen molar-refractivity contribution in [1.29, 1.82) is 5.41 Å². The molecule has 0 saturated heterocycles. The summed E-state index contributed by atoms with van der Waals surface area (Å²) in [5.74, 6) is 0.283. The van der Waals surface area contributed by atoms with Gasteiger partial charge in [0.2, 0.25) is 11.5 Å². The first-order valence-corrected chi connectivity index (χ1v) is 9.52. The molecule has 0 fully saturated rings. The largest absolute Gasteiger partial charge is 0.385 e. The molecule has 1 aliphatic carbocycles. The average Bonchev–Trinajstić information content (AvgIpc) is 3.29. The number of guanidine groups is 1. The van der Waals surface area contributed by atoms with Gasteiger partial charge in [0.25, 0.3) is 0 Å². The van der Waals surface area contributed by atoms with Crippen molar-refractivity contribution in [3.63, 3.8) is 0 Å². The molecule has 5 rings (SSSR count). The number of amidine groups is 2. The van der Waals surface area contributed by atoms with Crippen LogP contribution in [0.15, 0.2) is 81.7 Å². The van der Waals surface area contributed by atoms with Crippen molar-refractivity contribution < 1.29 is 0 Å². The normalized spacial score (nSPS) is 20.5. The molecule has 0 amide bonds. The first-order chi connectivity index (χ1) is 14.1. The second kappa shape index (κ2) is 8.49. The molecular weight excluding hydrogens is 431 g/mol. The second-order valence-corrected chi connectivity index (χ2v) is 7.31. The van der Waals surface area contributed by atoms with Gasteiger partial charge in [-0.25, -0.2) is 9.98 Å². The third-order valence-corrected chi connectivity index (χ3v) is 5.58. The quantitative estimate of drug-likeness (QED) is 0.403. The van der Waals surface area contributed by atoms with E-state index in [1.54, 1.807) is 0 Å². The molecule has 0 aromatic heterocycles. The number of nitrogens with zero attached hydrogens (tertiary/aromatic N) is 3. The number of fused-ring (bicyclic) bond motifs is 2. The Hall–Kier alpha value is -3.22. The van der Waals surface area contributed by atoms with Crippen LogP contribution in [0.5, 0.6) is 0 Å². The molecule has 1 heterocycles. The van der Waals surface area contributed by atoms with Crippen LogP contribution in [-0.4, -0.2) is 23.3 Å². The first-order valence-electron chi connectivity index (χ1n) is 9.52. The van der Waals surface area contributed by atoms with E-state index in [0.29, 0.717) is 5.84 Å². The Labute approximate surface area is 192 Å². The van der Waals surface area contributed by atoms with Gasteiger partial charge in [-0.3, -0.25) is 5.41 Å². The van der Waals surface area contributed by atoms with Gasteiger partial charge in [-0.05, 0) is 46.4 Å². The van der Waals surface area contributed by atoms with Crippen molar-refractivity contribution in [1.82, 2.24) is 0 Å². The predicted octanol–water partition coefficient (Wildman–Crippen LogP) is 3.98. The Kier molecular flexibility index (Phi) is 6.15. The summed E-state index contributed by atoms with van der Waals surface area (Å²) < 4.78 is 0. The van der Waals surface area contributed by atoms with Gasteiger partial charge < -0.3 is 11.5 Å². The molecule has 0 saturated carbocycles. The number of nitrogens with two attached hydrogens (primary N) is 2. The zero-order chi connectivity index (χ0) is 20.0. The lowest BCUT2D eigenvalue weighted by atomic mass is 9.87. The maximum absolute atomic E-state index is 8.39. The standard InChI is InChI=1S/C23H20N6.2ClH/c24-20(25)23(17-11-9-14-5-1-2-7-16(14)13-17)21(28-22(26)29-23)27-19-12-10-15-6-3-4-8-18(15)19;;/h1-9,11,13H,10,12H2,(H3,24,25)(H2,26,29);2*1H. The van der Waals surface area contributed by atoms with E-state index in [1.807, 2.05) is 54.6 Å². The van der Waals surface area contributed by atoms with Crippen LogP contribution in [0, 0.1) is 5.41 Å². The summed E-state index contributed by atoms with van der Waals surface area (Å²) in [7, 11) is 0. The van der Waals surface area contributed by atoms with Crippen molar-refractivity contribution >= 4 is 58.9 Å². The number of hydrogen-bond acceptors (Lipinski definition) is 5. The van der Waals surface area contributed by atoms with E-state index in [4.69, 9.17) is 21.9 Å². The van der Waals surface area contributed by atoms with Crippen molar-refractivity contribution in [3.8, 4) is 0 Å². The predicted molar refractivity (Wildman–Crippen MR) is 132 cm³/mol. The molecular formula is C23H22Cl2N6. The van der Waals surface area contributed by atoms with Gasteiger partial charge in [0.05, 0.1) is 5.71 Å². The monoisotopic (exact) mass is 452 g/mol. The fourth-order valence-corrected chi connectivity index (χ4v) is 4.14. The van der Waals surface area contributed by atoms with E-state index in [1.165, 1.54) is 5.56 Å². The highest BCUT2D eigenvalue weighted by Gasteiger charge is 2.46. The van der Waals surface area contributed by atoms with E-state index in [0.717, 1.165) is 40.5 Å². The van der Waals surface area contributed by atoms with Crippen molar-refractivity contribution in [2.24, 2.45) is 26.4 Å². The molecule has 1 aliphatic heterocycles. The van der Waals surface area contributed by atoms with Crippen LogP contribution in [0.4, 0.5) is 0 Å². The van der Waals surface area contributed by atoms with Gasteiger partial charge >= 0.3 is 0 Å². The SMILES string of the molecule is Cl.Cl.N=C(N)C1(c2ccc3ccccc3c2)N=C(N)N=C1N=C1CCc2ccccc21. The van der Waals surface area contributed by atoms with Crippen molar-refractivity contribution in [2.45, 2.75) is 18.4 Å². The molecule has 3 aromatic carbocycles. The second-order valence-electron chi connectivity index (χ2n) is 7.31. The summed E-state index contributed by atoms with van der Waals surface area (Å²) >= 11 is 0. The minimum absolute atomic E-state index is 0. The summed E-state index contributed by atoms with van der Waals surface area (Å²) in [5, 5.41) is 10.5. The van der Waals surface area contributed by atoms with Crippen molar-refractivity contribution in [2.75, 3.05) is 0 Å². The summed E-state index contributed by atoms with van der Waals surface area (Å²) in [6, 6.07) is 22.1. The number of halogens is 2. The van der Waals surface area contributed by atoms with E-state index in [9.17, 15) is 0 Å². The van der Waals surface area contributed by atoms with E-state index in [2.05, 4.69) is 22.1 Å². The minimum Gasteiger partial charge on any atom is -0.385 e. The van der Waals surface area contributed by atoms with Gasteiger partial charge in [-0.1, -0.05) is 60.7 Å². The first kappa shape index (κ1) is 22.5. The number of aryl methyl sites for hydroxylation is 1. The minimum atomic E-state index is -1.31. The molecule has 0 radical (unpaired) electrons. The van der Waals surface area contributed by atoms with Crippen LogP contribution in [0.25, 0.3) is 10.8 Å². The van der Waals surface area contributed by atoms with Gasteiger partial charge in [0.15, 0.2) is 5.84 Å². The summed E-state index contributed by atoms with van der Waals surface area (Å²) in [6.07, 6.45) is 1.74. The summed E-state index contributed by atoms with van der Waals surface area (Å²) in [6.45, 7) is 0. The molecule has 8 heteroatoms. The van der Waals surface area contributed by atoms with Crippen LogP contribution in [0.1, 0.15) is 23.1 Å². The third kappa shape index (κ3) is 3.58. The lowest BCUT2D eigenvalue weighted by molar-refractivity contribution is 0.806. The Morgan fingerprint density at radius 3 is 2.42 bits per heavy atom. The fraction of sp³-hybridized carbons (Fsp3) is 0.130. The smallest absolute Gasteiger partial charge is 0.219 e. The van der Waals surface area contributed by atoms with E-state index < -0.39 is 5.54 Å². The fourth-order valence-electron chi connectivity index (χ4n) is 4.14. The third-order valence-electron chi connectivity index (χ3n) is 5.58. The molecule has 0 bridgehead atoms. The maximum Gasteiger partial charge on any atom is 0.219 e. The average molecular weight is 453 g/mol. The number of aliphatic imine (C=N–C) groups is 3. The molecule has 2 aliphatic rings. The van der Waals surface area contributed by atoms with Crippen LogP contribution < -0.4 is 11.5 Å². The Morgan fingerprint density at radius 1 is 0.935 bits per heavy atom. The van der Waals surface area contributed by atoms with E-state index in [-0.39, 0.29) is 36.6 Å². The zero-order valence-corrected chi connectivity index (χ0v) is 18.2. The van der Waals surface area contributed by atoms with Gasteiger partial charge in [-0.15, -0.1) is 24.8 Å². The van der Waals surface area contributed by atoms with Gasteiger partial charge in [-0.2, -0.15) is 4.99 Å². The molecule has 1 unspecified atom stereocenters.